The van der Waals surface area contributed by atoms with Gasteiger partial charge in [0.2, 0.25) is 11.6 Å². The Kier molecular flexibility index (Phi) is 4.07. The quantitative estimate of drug-likeness (QED) is 0.849. The number of aromatic nitrogens is 1. The molecule has 1 aliphatic rings. The maximum Gasteiger partial charge on any atom is 0.234 e. The van der Waals surface area contributed by atoms with E-state index in [0.717, 1.165) is 5.56 Å². The summed E-state index contributed by atoms with van der Waals surface area (Å²) >= 11 is 0. The minimum atomic E-state index is -0.835. The van der Waals surface area contributed by atoms with Crippen molar-refractivity contribution in [3.8, 4) is 0 Å². The lowest BCUT2D eigenvalue weighted by Gasteiger charge is -2.15. The molecule has 0 aliphatic heterocycles. The molecule has 2 aromatic rings. The van der Waals surface area contributed by atoms with Crippen LogP contribution in [-0.2, 0) is 9.59 Å². The molecule has 0 saturated heterocycles. The Balaban J connectivity index is 2.00. The molecule has 0 amide bonds. The standard InChI is InChI=1S/C19H13NO4/c21-16-13(10-9-12-6-2-1-3-7-12)17(22)19(24)15(18(16)23)14-8-4-5-11-20-14/h1-11,21,24H. The van der Waals surface area contributed by atoms with Gasteiger partial charge in [-0.25, -0.2) is 0 Å². The molecule has 1 heterocycles. The van der Waals surface area contributed by atoms with Crippen molar-refractivity contribution in [2.75, 3.05) is 0 Å². The molecule has 118 valence electrons. The van der Waals surface area contributed by atoms with Crippen LogP contribution in [-0.4, -0.2) is 26.8 Å². The van der Waals surface area contributed by atoms with E-state index in [1.807, 2.05) is 18.2 Å². The molecule has 0 saturated carbocycles. The summed E-state index contributed by atoms with van der Waals surface area (Å²) in [5.41, 5.74) is 0.374. The van der Waals surface area contributed by atoms with E-state index < -0.39 is 23.1 Å². The lowest BCUT2D eigenvalue weighted by molar-refractivity contribution is -0.118. The average molecular weight is 319 g/mol. The van der Waals surface area contributed by atoms with Crippen LogP contribution in [0, 0.1) is 0 Å². The summed E-state index contributed by atoms with van der Waals surface area (Å²) in [6.45, 7) is 0. The van der Waals surface area contributed by atoms with Crippen molar-refractivity contribution in [3.63, 3.8) is 0 Å². The first-order valence-corrected chi connectivity index (χ1v) is 7.20. The average Bonchev–Trinajstić information content (AvgIpc) is 2.62. The third kappa shape index (κ3) is 2.75. The molecule has 2 N–H and O–H groups in total. The topological polar surface area (TPSA) is 87.5 Å². The van der Waals surface area contributed by atoms with Crippen molar-refractivity contribution >= 4 is 23.2 Å². The second kappa shape index (κ2) is 6.34. The van der Waals surface area contributed by atoms with E-state index in [-0.39, 0.29) is 16.8 Å². The molecule has 5 nitrogen and oxygen atoms in total. The van der Waals surface area contributed by atoms with Gasteiger partial charge in [0.1, 0.15) is 0 Å². The number of Topliss-reactive ketones (excluding diaryl/α,β-unsaturated/α-hetero) is 2. The Morgan fingerprint density at radius 3 is 2.17 bits per heavy atom. The fraction of sp³-hybridized carbons (Fsp3) is 0. The molecule has 0 radical (unpaired) electrons. The number of aliphatic hydroxyl groups is 2. The van der Waals surface area contributed by atoms with Gasteiger partial charge in [-0.15, -0.1) is 0 Å². The van der Waals surface area contributed by atoms with E-state index in [0.29, 0.717) is 0 Å². The minimum absolute atomic E-state index is 0.131. The molecule has 5 heteroatoms. The van der Waals surface area contributed by atoms with Gasteiger partial charge in [0, 0.05) is 6.20 Å². The zero-order valence-electron chi connectivity index (χ0n) is 12.5. The van der Waals surface area contributed by atoms with Gasteiger partial charge in [-0.3, -0.25) is 14.6 Å². The number of carbonyl (C=O) groups excluding carboxylic acids is 2. The van der Waals surface area contributed by atoms with Gasteiger partial charge in [-0.05, 0) is 23.8 Å². The van der Waals surface area contributed by atoms with Crippen LogP contribution in [0.2, 0.25) is 0 Å². The Labute approximate surface area is 137 Å². The highest BCUT2D eigenvalue weighted by molar-refractivity contribution is 6.38. The number of allylic oxidation sites excluding steroid dienone is 3. The van der Waals surface area contributed by atoms with Crippen LogP contribution >= 0.6 is 0 Å². The summed E-state index contributed by atoms with van der Waals surface area (Å²) in [6, 6.07) is 13.8. The first kappa shape index (κ1) is 15.4. The maximum atomic E-state index is 12.4. The zero-order valence-corrected chi connectivity index (χ0v) is 12.5. The summed E-state index contributed by atoms with van der Waals surface area (Å²) < 4.78 is 0. The van der Waals surface area contributed by atoms with Crippen LogP contribution in [0.5, 0.6) is 0 Å². The van der Waals surface area contributed by atoms with Crippen LogP contribution < -0.4 is 0 Å². The van der Waals surface area contributed by atoms with Crippen molar-refractivity contribution in [2.45, 2.75) is 0 Å². The second-order valence-electron chi connectivity index (χ2n) is 5.10. The highest BCUT2D eigenvalue weighted by Gasteiger charge is 2.35. The first-order chi connectivity index (χ1) is 11.6. The molecule has 1 aromatic heterocycles. The molecular weight excluding hydrogens is 306 g/mol. The Bertz CT molecular complexity index is 893. The second-order valence-corrected chi connectivity index (χ2v) is 5.10. The minimum Gasteiger partial charge on any atom is -0.504 e. The van der Waals surface area contributed by atoms with E-state index in [2.05, 4.69) is 4.98 Å². The van der Waals surface area contributed by atoms with Crippen molar-refractivity contribution in [1.29, 1.82) is 0 Å². The molecule has 24 heavy (non-hydrogen) atoms. The predicted molar refractivity (Wildman–Crippen MR) is 88.9 cm³/mol. The van der Waals surface area contributed by atoms with E-state index in [4.69, 9.17) is 0 Å². The van der Waals surface area contributed by atoms with Crippen molar-refractivity contribution in [2.24, 2.45) is 0 Å². The van der Waals surface area contributed by atoms with Crippen molar-refractivity contribution < 1.29 is 19.8 Å². The number of hydrogen-bond donors (Lipinski definition) is 2. The van der Waals surface area contributed by atoms with Gasteiger partial charge in [-0.2, -0.15) is 0 Å². The molecule has 0 bridgehead atoms. The summed E-state index contributed by atoms with van der Waals surface area (Å²) in [5.74, 6) is -3.08. The number of carbonyl (C=O) groups is 2. The van der Waals surface area contributed by atoms with Crippen LogP contribution in [0.3, 0.4) is 0 Å². The van der Waals surface area contributed by atoms with Crippen LogP contribution in [0.4, 0.5) is 0 Å². The lowest BCUT2D eigenvalue weighted by atomic mass is 9.91. The molecule has 0 atom stereocenters. The maximum absolute atomic E-state index is 12.4. The third-order valence-corrected chi connectivity index (χ3v) is 3.56. The Hall–Kier alpha value is -3.47. The zero-order chi connectivity index (χ0) is 17.1. The number of nitrogens with zero attached hydrogens (tertiary/aromatic N) is 1. The van der Waals surface area contributed by atoms with Gasteiger partial charge in [0.15, 0.2) is 11.5 Å². The van der Waals surface area contributed by atoms with Crippen molar-refractivity contribution in [1.82, 2.24) is 4.98 Å². The van der Waals surface area contributed by atoms with Gasteiger partial charge in [0.25, 0.3) is 0 Å². The largest absolute Gasteiger partial charge is 0.504 e. The number of hydrogen-bond acceptors (Lipinski definition) is 5. The predicted octanol–water partition coefficient (Wildman–Crippen LogP) is 3.03. The van der Waals surface area contributed by atoms with Crippen molar-refractivity contribution in [3.05, 3.63) is 89.2 Å². The van der Waals surface area contributed by atoms with Gasteiger partial charge in [-0.1, -0.05) is 42.5 Å². The highest BCUT2D eigenvalue weighted by Crippen LogP contribution is 2.29. The first-order valence-electron chi connectivity index (χ1n) is 7.20. The highest BCUT2D eigenvalue weighted by atomic mass is 16.3. The smallest absolute Gasteiger partial charge is 0.234 e. The molecule has 0 fully saturated rings. The normalized spacial score (nSPS) is 15.5. The fourth-order valence-electron chi connectivity index (χ4n) is 2.34. The Morgan fingerprint density at radius 2 is 1.50 bits per heavy atom. The molecule has 1 aliphatic carbocycles. The summed E-state index contributed by atoms with van der Waals surface area (Å²) in [5, 5.41) is 20.3. The number of rotatable bonds is 3. The molecule has 0 spiro atoms. The number of pyridine rings is 1. The van der Waals surface area contributed by atoms with Gasteiger partial charge >= 0.3 is 0 Å². The Morgan fingerprint density at radius 1 is 0.792 bits per heavy atom. The van der Waals surface area contributed by atoms with Gasteiger partial charge in [0.05, 0.1) is 16.8 Å². The molecular formula is C19H13NO4. The van der Waals surface area contributed by atoms with Crippen LogP contribution in [0.15, 0.2) is 77.9 Å². The SMILES string of the molecule is O=C1C(O)=C(c2ccccn2)C(=O)C(O)=C1C=Cc1ccccc1. The third-order valence-electron chi connectivity index (χ3n) is 3.56. The van der Waals surface area contributed by atoms with E-state index in [1.54, 1.807) is 30.3 Å². The summed E-state index contributed by atoms with van der Waals surface area (Å²) in [6.07, 6.45) is 4.32. The fourth-order valence-corrected chi connectivity index (χ4v) is 2.34. The monoisotopic (exact) mass is 319 g/mol. The van der Waals surface area contributed by atoms with Crippen LogP contribution in [0.1, 0.15) is 11.3 Å². The number of benzene rings is 1. The molecule has 0 unspecified atom stereocenters. The van der Waals surface area contributed by atoms with E-state index in [9.17, 15) is 19.8 Å². The lowest BCUT2D eigenvalue weighted by Crippen LogP contribution is -2.23. The molecule has 3 rings (SSSR count). The number of ketones is 2. The van der Waals surface area contributed by atoms with E-state index in [1.165, 1.54) is 18.3 Å². The van der Waals surface area contributed by atoms with E-state index >= 15 is 0 Å². The molecule has 1 aromatic carbocycles. The number of aliphatic hydroxyl groups excluding tert-OH is 2. The summed E-state index contributed by atoms with van der Waals surface area (Å²) in [4.78, 5) is 28.6. The summed E-state index contributed by atoms with van der Waals surface area (Å²) in [7, 11) is 0. The van der Waals surface area contributed by atoms with Gasteiger partial charge < -0.3 is 10.2 Å². The van der Waals surface area contributed by atoms with Crippen LogP contribution in [0.25, 0.3) is 11.6 Å².